The summed E-state index contributed by atoms with van der Waals surface area (Å²) in [7, 11) is 5.12. The third-order valence-electron chi connectivity index (χ3n) is 4.55. The largest absolute Gasteiger partial charge is 0.433 e. The highest BCUT2D eigenvalue weighted by Crippen LogP contribution is 2.32. The topological polar surface area (TPSA) is 79.3 Å². The number of halogens is 3. The number of nitrogens with two attached hydrogens (primary N) is 1. The Kier molecular flexibility index (Phi) is 4.79. The molecule has 0 bridgehead atoms. The fraction of sp³-hybridized carbons (Fsp3) is 0.562. The van der Waals surface area contributed by atoms with Crippen molar-refractivity contribution in [2.45, 2.75) is 13.1 Å². The first-order valence-electron chi connectivity index (χ1n) is 8.50. The second-order valence-corrected chi connectivity index (χ2v) is 6.72. The monoisotopic (exact) mass is 384 g/mol. The van der Waals surface area contributed by atoms with Crippen LogP contribution in [0.4, 0.5) is 36.4 Å². The van der Waals surface area contributed by atoms with Crippen LogP contribution in [-0.2, 0) is 13.2 Å². The SMILES string of the molecule is Cc1nn(C)c(N2CCN(c3nc(N(C)C)cc(C(F)(F)F)n3)CC2)c1N. The van der Waals surface area contributed by atoms with Crippen molar-refractivity contribution >= 4 is 23.3 Å². The number of hydrogen-bond acceptors (Lipinski definition) is 7. The predicted molar refractivity (Wildman–Crippen MR) is 98.1 cm³/mol. The van der Waals surface area contributed by atoms with E-state index in [9.17, 15) is 13.2 Å². The lowest BCUT2D eigenvalue weighted by atomic mass is 10.3. The maximum Gasteiger partial charge on any atom is 0.433 e. The lowest BCUT2D eigenvalue weighted by Gasteiger charge is -2.36. The van der Waals surface area contributed by atoms with E-state index in [1.54, 1.807) is 23.7 Å². The van der Waals surface area contributed by atoms with Gasteiger partial charge in [-0.05, 0) is 6.92 Å². The maximum absolute atomic E-state index is 13.2. The average molecular weight is 384 g/mol. The number of piperazine rings is 1. The van der Waals surface area contributed by atoms with Gasteiger partial charge in [-0.2, -0.15) is 23.3 Å². The maximum atomic E-state index is 13.2. The van der Waals surface area contributed by atoms with Crippen LogP contribution >= 0.6 is 0 Å². The molecule has 3 rings (SSSR count). The highest BCUT2D eigenvalue weighted by Gasteiger charge is 2.35. The first kappa shape index (κ1) is 19.1. The van der Waals surface area contributed by atoms with E-state index < -0.39 is 11.9 Å². The van der Waals surface area contributed by atoms with Crippen LogP contribution in [0.1, 0.15) is 11.4 Å². The minimum atomic E-state index is -4.52. The van der Waals surface area contributed by atoms with E-state index in [1.807, 2.05) is 14.0 Å². The van der Waals surface area contributed by atoms with Crippen molar-refractivity contribution in [3.8, 4) is 0 Å². The molecule has 0 radical (unpaired) electrons. The summed E-state index contributed by atoms with van der Waals surface area (Å²) in [5.74, 6) is 1.13. The van der Waals surface area contributed by atoms with Gasteiger partial charge in [-0.15, -0.1) is 0 Å². The Morgan fingerprint density at radius 3 is 2.15 bits per heavy atom. The van der Waals surface area contributed by atoms with Crippen LogP contribution in [0.5, 0.6) is 0 Å². The standard InChI is InChI=1S/C16H23F3N8/c1-10-13(20)14(25(4)23-10)26-5-7-27(8-6-26)15-21-11(16(17,18)19)9-12(22-15)24(2)3/h9H,5-8,20H2,1-4H3. The Bertz CT molecular complexity index is 822. The lowest BCUT2D eigenvalue weighted by molar-refractivity contribution is -0.141. The van der Waals surface area contributed by atoms with E-state index in [0.717, 1.165) is 17.6 Å². The van der Waals surface area contributed by atoms with Crippen molar-refractivity contribution in [2.75, 3.05) is 60.7 Å². The molecular formula is C16H23F3N8. The second kappa shape index (κ2) is 6.78. The van der Waals surface area contributed by atoms with Crippen LogP contribution in [0, 0.1) is 6.92 Å². The van der Waals surface area contributed by atoms with E-state index in [1.165, 1.54) is 4.90 Å². The molecule has 0 amide bonds. The molecule has 2 N–H and O–H groups in total. The molecule has 0 saturated carbocycles. The van der Waals surface area contributed by atoms with Crippen LogP contribution in [0.2, 0.25) is 0 Å². The first-order valence-corrected chi connectivity index (χ1v) is 8.50. The van der Waals surface area contributed by atoms with Gasteiger partial charge in [0.25, 0.3) is 0 Å². The van der Waals surface area contributed by atoms with Crippen molar-refractivity contribution in [1.82, 2.24) is 19.7 Å². The van der Waals surface area contributed by atoms with Gasteiger partial charge in [0.2, 0.25) is 5.95 Å². The number of aromatic nitrogens is 4. The number of aryl methyl sites for hydroxylation is 2. The average Bonchev–Trinajstić information content (AvgIpc) is 2.86. The molecule has 3 heterocycles. The molecule has 11 heteroatoms. The van der Waals surface area contributed by atoms with Crippen molar-refractivity contribution < 1.29 is 13.2 Å². The quantitative estimate of drug-likeness (QED) is 0.859. The molecule has 1 fully saturated rings. The summed E-state index contributed by atoms with van der Waals surface area (Å²) in [6.07, 6.45) is -4.52. The van der Waals surface area contributed by atoms with Gasteiger partial charge in [-0.25, -0.2) is 4.98 Å². The third kappa shape index (κ3) is 3.71. The predicted octanol–water partition coefficient (Wildman–Crippen LogP) is 1.51. The summed E-state index contributed by atoms with van der Waals surface area (Å²) < 4.78 is 41.3. The van der Waals surface area contributed by atoms with Crippen molar-refractivity contribution in [1.29, 1.82) is 0 Å². The molecule has 8 nitrogen and oxygen atoms in total. The van der Waals surface area contributed by atoms with Gasteiger partial charge in [0.05, 0.1) is 11.4 Å². The minimum Gasteiger partial charge on any atom is -0.394 e. The molecule has 27 heavy (non-hydrogen) atoms. The zero-order chi connectivity index (χ0) is 19.9. The molecule has 0 aliphatic carbocycles. The molecule has 1 saturated heterocycles. The molecule has 1 aliphatic heterocycles. The van der Waals surface area contributed by atoms with Crippen LogP contribution in [-0.4, -0.2) is 60.0 Å². The lowest BCUT2D eigenvalue weighted by Crippen LogP contribution is -2.48. The zero-order valence-electron chi connectivity index (χ0n) is 15.7. The van der Waals surface area contributed by atoms with Crippen LogP contribution < -0.4 is 20.4 Å². The van der Waals surface area contributed by atoms with Gasteiger partial charge in [0, 0.05) is 53.4 Å². The number of rotatable bonds is 3. The van der Waals surface area contributed by atoms with Crippen molar-refractivity contribution in [3.63, 3.8) is 0 Å². The molecule has 0 atom stereocenters. The number of nitrogen functional groups attached to an aromatic ring is 1. The molecule has 148 valence electrons. The summed E-state index contributed by atoms with van der Waals surface area (Å²) in [6, 6.07) is 0.957. The normalized spacial score (nSPS) is 15.4. The Balaban J connectivity index is 1.82. The summed E-state index contributed by atoms with van der Waals surface area (Å²) in [4.78, 5) is 13.4. The highest BCUT2D eigenvalue weighted by molar-refractivity contribution is 5.66. The molecular weight excluding hydrogens is 361 g/mol. The second-order valence-electron chi connectivity index (χ2n) is 6.72. The number of alkyl halides is 3. The molecule has 0 aromatic carbocycles. The van der Waals surface area contributed by atoms with Gasteiger partial charge in [0.15, 0.2) is 11.5 Å². The molecule has 2 aromatic heterocycles. The highest BCUT2D eigenvalue weighted by atomic mass is 19.4. The van der Waals surface area contributed by atoms with Gasteiger partial charge < -0.3 is 20.4 Å². The van der Waals surface area contributed by atoms with Crippen LogP contribution in [0.25, 0.3) is 0 Å². The molecule has 1 aliphatic rings. The van der Waals surface area contributed by atoms with E-state index >= 15 is 0 Å². The van der Waals surface area contributed by atoms with E-state index in [4.69, 9.17) is 5.73 Å². The van der Waals surface area contributed by atoms with Crippen molar-refractivity contribution in [2.24, 2.45) is 7.05 Å². The van der Waals surface area contributed by atoms with Crippen LogP contribution in [0.15, 0.2) is 6.07 Å². The Morgan fingerprint density at radius 1 is 1.07 bits per heavy atom. The van der Waals surface area contributed by atoms with E-state index in [2.05, 4.69) is 20.0 Å². The van der Waals surface area contributed by atoms with Gasteiger partial charge in [-0.1, -0.05) is 0 Å². The number of nitrogens with zero attached hydrogens (tertiary/aromatic N) is 7. The summed E-state index contributed by atoms with van der Waals surface area (Å²) in [5, 5.41) is 4.31. The first-order chi connectivity index (χ1) is 12.6. The smallest absolute Gasteiger partial charge is 0.394 e. The molecule has 0 unspecified atom stereocenters. The van der Waals surface area contributed by atoms with E-state index in [0.29, 0.717) is 31.9 Å². The fourth-order valence-corrected chi connectivity index (χ4v) is 3.09. The zero-order valence-corrected chi connectivity index (χ0v) is 15.7. The minimum absolute atomic E-state index is 0.0855. The Labute approximate surface area is 155 Å². The van der Waals surface area contributed by atoms with Crippen molar-refractivity contribution in [3.05, 3.63) is 17.5 Å². The summed E-state index contributed by atoms with van der Waals surface area (Å²) in [6.45, 7) is 3.98. The molecule has 0 spiro atoms. The van der Waals surface area contributed by atoms with Gasteiger partial charge in [0.1, 0.15) is 5.82 Å². The summed E-state index contributed by atoms with van der Waals surface area (Å²) >= 11 is 0. The van der Waals surface area contributed by atoms with E-state index in [-0.39, 0.29) is 11.8 Å². The van der Waals surface area contributed by atoms with Crippen LogP contribution in [0.3, 0.4) is 0 Å². The molecule has 2 aromatic rings. The van der Waals surface area contributed by atoms with Gasteiger partial charge in [-0.3, -0.25) is 4.68 Å². The summed E-state index contributed by atoms with van der Waals surface area (Å²) in [5.41, 5.74) is 6.55. The third-order valence-corrected chi connectivity index (χ3v) is 4.55. The number of anilines is 4. The fourth-order valence-electron chi connectivity index (χ4n) is 3.09. The van der Waals surface area contributed by atoms with Gasteiger partial charge >= 0.3 is 6.18 Å². The number of hydrogen-bond donors (Lipinski definition) is 1. The Hall–Kier alpha value is -2.72. The Morgan fingerprint density at radius 2 is 1.67 bits per heavy atom.